The molecule has 0 spiro atoms. The Morgan fingerprint density at radius 2 is 2.14 bits per heavy atom. The summed E-state index contributed by atoms with van der Waals surface area (Å²) < 4.78 is 23.4. The smallest absolute Gasteiger partial charge is 0.543 e. The number of nitrogens with two attached hydrogens (primary N) is 1. The number of hydrogen-bond donors (Lipinski definition) is 2. The molecule has 0 bridgehead atoms. The number of hydrogen-bond acceptors (Lipinski definition) is 11. The number of tetrazole rings is 1. The largest absolute Gasteiger partial charge is 1.00 e. The Morgan fingerprint density at radius 3 is 2.69 bits per heavy atom. The first kappa shape index (κ1) is 24.1. The molecule has 0 aliphatic carbocycles. The van der Waals surface area contributed by atoms with Crippen LogP contribution in [0.15, 0.2) is 16.4 Å². The van der Waals surface area contributed by atoms with E-state index in [0.717, 1.165) is 4.90 Å². The maximum absolute atomic E-state index is 12.4. The number of β-lactam (4-membered cyclic amide) rings is 1. The van der Waals surface area contributed by atoms with Crippen molar-refractivity contribution in [3.8, 4) is 0 Å². The van der Waals surface area contributed by atoms with Crippen LogP contribution in [0.1, 0.15) is 0 Å². The number of nitrogens with one attached hydrogen (secondary N) is 1. The Hall–Kier alpha value is -1.17. The van der Waals surface area contributed by atoms with Gasteiger partial charge in [-0.2, -0.15) is 0 Å². The van der Waals surface area contributed by atoms with Crippen LogP contribution in [0.5, 0.6) is 0 Å². The van der Waals surface area contributed by atoms with E-state index >= 15 is 0 Å². The summed E-state index contributed by atoms with van der Waals surface area (Å²) in [4.78, 5) is 36.8. The molecule has 1 aromatic rings. The average Bonchev–Trinajstić information content (AvgIpc) is 3.00. The van der Waals surface area contributed by atoms with Gasteiger partial charge in [0.2, 0.25) is 21.1 Å². The zero-order chi connectivity index (χ0) is 20.6. The normalized spacial score (nSPS) is 21.2. The number of aromatic nitrogens is 4. The monoisotopic (exact) mass is 471 g/mol. The third kappa shape index (κ3) is 5.31. The predicted octanol–water partition coefficient (Wildman–Crippen LogP) is -7.00. The van der Waals surface area contributed by atoms with Crippen molar-refractivity contribution in [1.82, 2.24) is 30.4 Å². The first-order chi connectivity index (χ1) is 13.1. The van der Waals surface area contributed by atoms with Crippen LogP contribution in [0.2, 0.25) is 0 Å². The summed E-state index contributed by atoms with van der Waals surface area (Å²) >= 11 is 2.45. The van der Waals surface area contributed by atoms with Gasteiger partial charge >= 0.3 is 29.6 Å². The van der Waals surface area contributed by atoms with Crippen LogP contribution in [-0.4, -0.2) is 80.0 Å². The molecule has 17 heteroatoms. The SMILES string of the molecule is Cn1nnnc1SCC1=C(C(=O)[O-])N2C(=O)[C@@H](NC(=O)CS(N)(=O)=O)[C@H]2SC1.[Na+]. The molecular formula is C12H14N7NaO6S3. The molecule has 29 heavy (non-hydrogen) atoms. The van der Waals surface area contributed by atoms with Gasteiger partial charge in [0, 0.05) is 18.6 Å². The van der Waals surface area contributed by atoms with Crippen LogP contribution in [0.3, 0.4) is 0 Å². The van der Waals surface area contributed by atoms with Gasteiger partial charge in [-0.3, -0.25) is 14.5 Å². The molecule has 13 nitrogen and oxygen atoms in total. The number of amides is 2. The third-order valence-corrected chi connectivity index (χ3v) is 6.95. The van der Waals surface area contributed by atoms with Crippen molar-refractivity contribution >= 4 is 51.3 Å². The standard InChI is InChI=1S/C12H15N7O6S3.Na/c1-18-12(15-16-17-18)27-3-5-2-26-10-7(14-6(20)4-28(13,24)25)9(21)19(10)8(5)11(22)23;/h7,10H,2-4H2,1H3,(H,14,20)(H,22,23)(H2,13,24,25);/q;+1/p-1/t7-,10-;/m1./s1. The second kappa shape index (κ2) is 9.32. The van der Waals surface area contributed by atoms with E-state index in [0.29, 0.717) is 10.7 Å². The second-order valence-electron chi connectivity index (χ2n) is 5.88. The second-order valence-corrected chi connectivity index (χ2v) is 9.54. The molecule has 3 N–H and O–H groups in total. The van der Waals surface area contributed by atoms with Gasteiger partial charge in [-0.1, -0.05) is 11.8 Å². The molecule has 0 aromatic carbocycles. The number of carbonyl (C=O) groups excluding carboxylic acids is 3. The van der Waals surface area contributed by atoms with Crippen molar-refractivity contribution in [3.05, 3.63) is 11.3 Å². The fourth-order valence-electron chi connectivity index (χ4n) is 2.68. The molecule has 0 radical (unpaired) electrons. The van der Waals surface area contributed by atoms with E-state index in [1.165, 1.54) is 28.2 Å². The number of aryl methyl sites for hydroxylation is 1. The van der Waals surface area contributed by atoms with Crippen LogP contribution in [-0.2, 0) is 31.5 Å². The summed E-state index contributed by atoms with van der Waals surface area (Å²) in [6, 6.07) is -1.04. The first-order valence-corrected chi connectivity index (χ1v) is 11.4. The molecule has 1 fully saturated rings. The number of nitrogens with zero attached hydrogens (tertiary/aromatic N) is 5. The minimum atomic E-state index is -4.04. The third-order valence-electron chi connectivity index (χ3n) is 3.85. The van der Waals surface area contributed by atoms with E-state index in [-0.39, 0.29) is 46.8 Å². The van der Waals surface area contributed by atoms with E-state index in [2.05, 4.69) is 20.8 Å². The number of fused-ring (bicyclic) bond motifs is 1. The Balaban J connectivity index is 0.00000300. The number of aliphatic carboxylic acids is 1. The molecule has 2 amide bonds. The van der Waals surface area contributed by atoms with Crippen LogP contribution >= 0.6 is 23.5 Å². The van der Waals surface area contributed by atoms with Crippen molar-refractivity contribution in [3.63, 3.8) is 0 Å². The predicted molar refractivity (Wildman–Crippen MR) is 94.6 cm³/mol. The maximum atomic E-state index is 12.4. The van der Waals surface area contributed by atoms with Crippen molar-refractivity contribution in [2.24, 2.45) is 12.2 Å². The minimum absolute atomic E-state index is 0. The fraction of sp³-hybridized carbons (Fsp3) is 0.500. The van der Waals surface area contributed by atoms with Gasteiger partial charge < -0.3 is 15.2 Å². The fourth-order valence-corrected chi connectivity index (χ4v) is 5.46. The molecule has 3 rings (SSSR count). The Labute approximate surface area is 195 Å². The molecule has 2 aliphatic rings. The van der Waals surface area contributed by atoms with Crippen molar-refractivity contribution in [2.45, 2.75) is 16.6 Å². The molecule has 1 aromatic heterocycles. The maximum Gasteiger partial charge on any atom is 1.00 e. The molecule has 3 heterocycles. The minimum Gasteiger partial charge on any atom is -0.543 e. The Bertz CT molecular complexity index is 980. The summed E-state index contributed by atoms with van der Waals surface area (Å²) in [6.07, 6.45) is 0. The molecule has 0 saturated carbocycles. The quantitative estimate of drug-likeness (QED) is 0.218. The number of thioether (sulfide) groups is 2. The number of primary sulfonamides is 1. The van der Waals surface area contributed by atoms with E-state index in [1.807, 2.05) is 0 Å². The average molecular weight is 471 g/mol. The van der Waals surface area contributed by atoms with E-state index in [1.54, 1.807) is 7.05 Å². The van der Waals surface area contributed by atoms with Crippen molar-refractivity contribution in [2.75, 3.05) is 17.3 Å². The molecular weight excluding hydrogens is 457 g/mol. The summed E-state index contributed by atoms with van der Waals surface area (Å²) in [5.41, 5.74) is 0.199. The molecule has 152 valence electrons. The van der Waals surface area contributed by atoms with E-state index < -0.39 is 45.0 Å². The van der Waals surface area contributed by atoms with E-state index in [9.17, 15) is 27.9 Å². The van der Waals surface area contributed by atoms with Crippen LogP contribution < -0.4 is 45.1 Å². The number of carboxylic acids is 1. The molecule has 1 saturated heterocycles. The van der Waals surface area contributed by atoms with Gasteiger partial charge in [-0.15, -0.1) is 16.9 Å². The topological polar surface area (TPSA) is 193 Å². The summed E-state index contributed by atoms with van der Waals surface area (Å²) in [6.45, 7) is 0. The van der Waals surface area contributed by atoms with Crippen molar-refractivity contribution < 1.29 is 57.5 Å². The van der Waals surface area contributed by atoms with Crippen molar-refractivity contribution in [1.29, 1.82) is 0 Å². The number of carbonyl (C=O) groups is 3. The van der Waals surface area contributed by atoms with Gasteiger partial charge in [-0.05, 0) is 16.0 Å². The first-order valence-electron chi connectivity index (χ1n) is 7.61. The van der Waals surface area contributed by atoms with Gasteiger partial charge in [0.15, 0.2) is 0 Å². The zero-order valence-electron chi connectivity index (χ0n) is 15.3. The van der Waals surface area contributed by atoms with Crippen LogP contribution in [0, 0.1) is 0 Å². The number of sulfonamides is 1. The van der Waals surface area contributed by atoms with Crippen LogP contribution in [0.25, 0.3) is 0 Å². The molecule has 2 aliphatic heterocycles. The summed E-state index contributed by atoms with van der Waals surface area (Å²) in [5.74, 6) is -3.58. The molecule has 0 unspecified atom stereocenters. The summed E-state index contributed by atoms with van der Waals surface area (Å²) in [7, 11) is -2.41. The number of carboxylic acid groups (broad SMARTS) is 1. The van der Waals surface area contributed by atoms with E-state index in [4.69, 9.17) is 5.14 Å². The zero-order valence-corrected chi connectivity index (χ0v) is 19.7. The summed E-state index contributed by atoms with van der Waals surface area (Å²) in [5, 5.41) is 29.5. The Morgan fingerprint density at radius 1 is 1.45 bits per heavy atom. The Kier molecular flexibility index (Phi) is 7.74. The van der Waals surface area contributed by atoms with Gasteiger partial charge in [0.1, 0.15) is 17.2 Å². The number of rotatable bonds is 7. The van der Waals surface area contributed by atoms with Crippen LogP contribution in [0.4, 0.5) is 0 Å². The van der Waals surface area contributed by atoms with Gasteiger partial charge in [-0.25, -0.2) is 18.2 Å². The van der Waals surface area contributed by atoms with Gasteiger partial charge in [0.25, 0.3) is 5.91 Å². The molecule has 2 atom stereocenters. The van der Waals surface area contributed by atoms with Gasteiger partial charge in [0.05, 0.1) is 11.7 Å².